The van der Waals surface area contributed by atoms with Gasteiger partial charge in [-0.05, 0) is 66.2 Å². The number of carbonyl (C=O) groups is 1. The fourth-order valence-corrected chi connectivity index (χ4v) is 4.36. The Balaban J connectivity index is 1.48. The van der Waals surface area contributed by atoms with Crippen LogP contribution in [0.3, 0.4) is 0 Å². The molecule has 1 aliphatic heterocycles. The minimum Gasteiger partial charge on any atom is -0.356 e. The Kier molecular flexibility index (Phi) is 5.14. The van der Waals surface area contributed by atoms with E-state index in [0.717, 1.165) is 47.9 Å². The lowest BCUT2D eigenvalue weighted by atomic mass is 9.97. The second-order valence-corrected chi connectivity index (χ2v) is 8.39. The van der Waals surface area contributed by atoms with Crippen LogP contribution in [0.1, 0.15) is 25.7 Å². The van der Waals surface area contributed by atoms with Gasteiger partial charge in [0.15, 0.2) is 5.43 Å². The van der Waals surface area contributed by atoms with Gasteiger partial charge in [-0.25, -0.2) is 0 Å². The summed E-state index contributed by atoms with van der Waals surface area (Å²) in [6.45, 7) is 3.28. The van der Waals surface area contributed by atoms with E-state index < -0.39 is 0 Å². The summed E-state index contributed by atoms with van der Waals surface area (Å²) in [6, 6.07) is 7.34. The summed E-state index contributed by atoms with van der Waals surface area (Å²) < 4.78 is 3.02. The van der Waals surface area contributed by atoms with Crippen LogP contribution in [0.15, 0.2) is 39.7 Å². The monoisotopic (exact) mass is 417 g/mol. The Morgan fingerprint density at radius 3 is 2.88 bits per heavy atom. The van der Waals surface area contributed by atoms with E-state index in [1.807, 2.05) is 24.4 Å². The zero-order valence-electron chi connectivity index (χ0n) is 14.8. The first-order chi connectivity index (χ1) is 12.6. The van der Waals surface area contributed by atoms with Gasteiger partial charge in [0.25, 0.3) is 0 Å². The summed E-state index contributed by atoms with van der Waals surface area (Å²) in [4.78, 5) is 26.9. The fourth-order valence-electron chi connectivity index (χ4n) is 3.77. The van der Waals surface area contributed by atoms with Crippen molar-refractivity contribution in [2.75, 3.05) is 19.6 Å². The highest BCUT2D eigenvalue weighted by atomic mass is 79.9. The third-order valence-electron chi connectivity index (χ3n) is 5.44. The average molecular weight is 418 g/mol. The number of amides is 1. The molecule has 1 N–H and O–H groups in total. The molecule has 5 nitrogen and oxygen atoms in total. The van der Waals surface area contributed by atoms with Crippen molar-refractivity contribution < 1.29 is 4.79 Å². The number of hydrogen-bond acceptors (Lipinski definition) is 3. The van der Waals surface area contributed by atoms with Crippen molar-refractivity contribution in [2.24, 2.45) is 11.8 Å². The molecule has 2 fully saturated rings. The second kappa shape index (κ2) is 7.53. The molecule has 1 amide bonds. The quantitative estimate of drug-likeness (QED) is 0.813. The highest BCUT2D eigenvalue weighted by Gasteiger charge is 2.28. The van der Waals surface area contributed by atoms with Crippen LogP contribution in [0.5, 0.6) is 0 Å². The molecular weight excluding hydrogens is 394 g/mol. The van der Waals surface area contributed by atoms with Crippen molar-refractivity contribution in [1.82, 2.24) is 14.8 Å². The van der Waals surface area contributed by atoms with Gasteiger partial charge in [0.05, 0.1) is 18.1 Å². The smallest absolute Gasteiger partial charge is 0.224 e. The predicted molar refractivity (Wildman–Crippen MR) is 106 cm³/mol. The average Bonchev–Trinajstić information content (AvgIpc) is 3.47. The van der Waals surface area contributed by atoms with Crippen LogP contribution in [-0.2, 0) is 11.5 Å². The van der Waals surface area contributed by atoms with Gasteiger partial charge < -0.3 is 9.88 Å². The Bertz CT molecular complexity index is 875. The van der Waals surface area contributed by atoms with Crippen LogP contribution in [-0.4, -0.2) is 35.0 Å². The van der Waals surface area contributed by atoms with E-state index in [4.69, 9.17) is 0 Å². The van der Waals surface area contributed by atoms with E-state index in [2.05, 4.69) is 30.7 Å². The number of nitrogens with one attached hydrogen (secondary N) is 1. The van der Waals surface area contributed by atoms with Gasteiger partial charge in [0, 0.05) is 35.2 Å². The lowest BCUT2D eigenvalue weighted by Gasteiger charge is -2.33. The number of likely N-dealkylation sites (tertiary alicyclic amines) is 1. The molecule has 1 atom stereocenters. The number of fused-ring (bicyclic) bond motifs is 1. The summed E-state index contributed by atoms with van der Waals surface area (Å²) in [5.74, 6) is 0.979. The zero-order chi connectivity index (χ0) is 18.1. The Hall–Kier alpha value is -1.66. The van der Waals surface area contributed by atoms with Crippen LogP contribution in [0.25, 0.3) is 10.9 Å². The van der Waals surface area contributed by atoms with Gasteiger partial charge in [0.2, 0.25) is 5.91 Å². The molecule has 2 heterocycles. The molecule has 0 radical (unpaired) electrons. The van der Waals surface area contributed by atoms with E-state index in [1.165, 1.54) is 12.8 Å². The van der Waals surface area contributed by atoms with Gasteiger partial charge in [-0.1, -0.05) is 6.07 Å². The molecule has 1 aromatic heterocycles. The number of hydrogen-bond donors (Lipinski definition) is 1. The number of pyridine rings is 1. The predicted octanol–water partition coefficient (Wildman–Crippen LogP) is 2.96. The Morgan fingerprint density at radius 2 is 2.08 bits per heavy atom. The van der Waals surface area contributed by atoms with Crippen molar-refractivity contribution >= 4 is 32.7 Å². The Morgan fingerprint density at radius 1 is 1.23 bits per heavy atom. The molecule has 0 spiro atoms. The first-order valence-electron chi connectivity index (χ1n) is 9.39. The third-order valence-corrected chi connectivity index (χ3v) is 6.08. The number of piperidine rings is 1. The van der Waals surface area contributed by atoms with E-state index in [0.29, 0.717) is 12.6 Å². The third kappa shape index (κ3) is 3.86. The molecule has 1 aromatic carbocycles. The summed E-state index contributed by atoms with van der Waals surface area (Å²) in [5, 5.41) is 3.84. The second-order valence-electron chi connectivity index (χ2n) is 7.53. The van der Waals surface area contributed by atoms with E-state index in [9.17, 15) is 9.59 Å². The van der Waals surface area contributed by atoms with E-state index in [-0.39, 0.29) is 17.3 Å². The fraction of sp³-hybridized carbons (Fsp3) is 0.500. The van der Waals surface area contributed by atoms with Crippen molar-refractivity contribution in [1.29, 1.82) is 0 Å². The zero-order valence-corrected chi connectivity index (χ0v) is 16.4. The molecule has 138 valence electrons. The summed E-state index contributed by atoms with van der Waals surface area (Å²) in [5.41, 5.74) is 0.953. The number of carbonyl (C=O) groups excluding carboxylic acids is 1. The molecule has 4 rings (SSSR count). The van der Waals surface area contributed by atoms with Gasteiger partial charge in [-0.3, -0.25) is 14.5 Å². The molecule has 1 aliphatic carbocycles. The Labute approximate surface area is 161 Å². The molecule has 1 saturated carbocycles. The van der Waals surface area contributed by atoms with E-state index in [1.54, 1.807) is 6.07 Å². The lowest BCUT2D eigenvalue weighted by molar-refractivity contribution is -0.127. The molecular formula is C20H24BrN3O2. The van der Waals surface area contributed by atoms with Crippen molar-refractivity contribution in [3.8, 4) is 0 Å². The highest BCUT2D eigenvalue weighted by molar-refractivity contribution is 9.10. The molecule has 2 aromatic rings. The number of halogens is 1. The standard InChI is InChI=1S/C20H24BrN3O2/c21-17-5-1-4-16-18(25)8-10-24(19(16)17)13-23-9-2-3-15(12-23)20(26)22-11-14-6-7-14/h1,4-5,8,10,14-15H,2-3,6-7,9,11-13H2,(H,22,26). The minimum absolute atomic E-state index is 0.0357. The minimum atomic E-state index is 0.0357. The van der Waals surface area contributed by atoms with Crippen LogP contribution < -0.4 is 10.7 Å². The van der Waals surface area contributed by atoms with E-state index >= 15 is 0 Å². The number of aromatic nitrogens is 1. The van der Waals surface area contributed by atoms with Gasteiger partial charge in [-0.15, -0.1) is 0 Å². The molecule has 6 heteroatoms. The summed E-state index contributed by atoms with van der Waals surface area (Å²) in [6.07, 6.45) is 6.35. The molecule has 1 saturated heterocycles. The maximum Gasteiger partial charge on any atom is 0.224 e. The molecule has 26 heavy (non-hydrogen) atoms. The molecule has 2 aliphatic rings. The highest BCUT2D eigenvalue weighted by Crippen LogP contribution is 2.28. The number of para-hydroxylation sites is 1. The van der Waals surface area contributed by atoms with Crippen LogP contribution in [0.4, 0.5) is 0 Å². The number of nitrogens with zero attached hydrogens (tertiary/aromatic N) is 2. The topological polar surface area (TPSA) is 54.3 Å². The largest absolute Gasteiger partial charge is 0.356 e. The SMILES string of the molecule is O=C(NCC1CC1)C1CCCN(Cn2ccc(=O)c3cccc(Br)c32)C1. The molecule has 0 bridgehead atoms. The summed E-state index contributed by atoms with van der Waals surface area (Å²) >= 11 is 3.58. The van der Waals surface area contributed by atoms with Crippen molar-refractivity contribution in [3.63, 3.8) is 0 Å². The number of benzene rings is 1. The first-order valence-corrected chi connectivity index (χ1v) is 10.2. The van der Waals surface area contributed by atoms with Gasteiger partial charge in [0.1, 0.15) is 0 Å². The van der Waals surface area contributed by atoms with Crippen LogP contribution in [0.2, 0.25) is 0 Å². The first kappa shape index (κ1) is 17.7. The molecule has 1 unspecified atom stereocenters. The van der Waals surface area contributed by atoms with Crippen molar-refractivity contribution in [3.05, 3.63) is 45.2 Å². The lowest BCUT2D eigenvalue weighted by Crippen LogP contribution is -2.44. The van der Waals surface area contributed by atoms with Gasteiger partial charge >= 0.3 is 0 Å². The van der Waals surface area contributed by atoms with Crippen LogP contribution >= 0.6 is 15.9 Å². The summed E-state index contributed by atoms with van der Waals surface area (Å²) in [7, 11) is 0. The van der Waals surface area contributed by atoms with Gasteiger partial charge in [-0.2, -0.15) is 0 Å². The normalized spacial score (nSPS) is 21.0. The van der Waals surface area contributed by atoms with Crippen molar-refractivity contribution in [2.45, 2.75) is 32.4 Å². The van der Waals surface area contributed by atoms with Crippen LogP contribution in [0, 0.1) is 11.8 Å². The maximum atomic E-state index is 12.4. The maximum absolute atomic E-state index is 12.4. The number of rotatable bonds is 5.